The quantitative estimate of drug-likeness (QED) is 0.732. The number of anilines is 2. The predicted octanol–water partition coefficient (Wildman–Crippen LogP) is 4.25. The maximum Gasteiger partial charge on any atom is 0.248 e. The minimum absolute atomic E-state index is 0.350. The fourth-order valence-electron chi connectivity index (χ4n) is 2.90. The van der Waals surface area contributed by atoms with Crippen LogP contribution in [0.25, 0.3) is 0 Å². The van der Waals surface area contributed by atoms with E-state index in [0.29, 0.717) is 17.8 Å². The average Bonchev–Trinajstić information content (AvgIpc) is 2.52. The van der Waals surface area contributed by atoms with Crippen LogP contribution in [0.15, 0.2) is 46.9 Å². The molecule has 140 valence electrons. The molecule has 0 aromatic heterocycles. The first-order valence-electron chi connectivity index (χ1n) is 8.26. The minimum Gasteiger partial charge on any atom is -0.324 e. The standard InChI is InChI=1S/C19H23BrN2O3S/c1-5-18(19(23)21-16-8-6-15(20)7-9-16)22(26(4,24)25)17-11-13(2)10-14(3)12-17/h6-12,18H,5H2,1-4H3,(H,21,23). The van der Waals surface area contributed by atoms with E-state index in [2.05, 4.69) is 21.2 Å². The molecule has 1 atom stereocenters. The highest BCUT2D eigenvalue weighted by molar-refractivity contribution is 9.10. The number of halogens is 1. The highest BCUT2D eigenvalue weighted by Crippen LogP contribution is 2.26. The van der Waals surface area contributed by atoms with E-state index in [1.807, 2.05) is 32.0 Å². The number of nitrogens with zero attached hydrogens (tertiary/aromatic N) is 1. The van der Waals surface area contributed by atoms with Crippen LogP contribution in [0.1, 0.15) is 24.5 Å². The molecule has 2 rings (SSSR count). The van der Waals surface area contributed by atoms with Crippen molar-refractivity contribution in [3.63, 3.8) is 0 Å². The molecule has 0 spiro atoms. The second-order valence-electron chi connectivity index (χ2n) is 6.32. The summed E-state index contributed by atoms with van der Waals surface area (Å²) >= 11 is 3.35. The second kappa shape index (κ2) is 8.22. The molecule has 0 saturated carbocycles. The zero-order valence-corrected chi connectivity index (χ0v) is 17.7. The van der Waals surface area contributed by atoms with Gasteiger partial charge in [0.05, 0.1) is 11.9 Å². The summed E-state index contributed by atoms with van der Waals surface area (Å²) in [6.07, 6.45) is 1.47. The highest BCUT2D eigenvalue weighted by Gasteiger charge is 2.31. The number of aryl methyl sites for hydroxylation is 2. The van der Waals surface area contributed by atoms with Crippen LogP contribution in [0.3, 0.4) is 0 Å². The zero-order valence-electron chi connectivity index (χ0n) is 15.3. The van der Waals surface area contributed by atoms with E-state index < -0.39 is 16.1 Å². The molecule has 2 aromatic carbocycles. The van der Waals surface area contributed by atoms with Gasteiger partial charge in [-0.1, -0.05) is 28.9 Å². The molecule has 5 nitrogen and oxygen atoms in total. The number of carbonyl (C=O) groups is 1. The first-order valence-corrected chi connectivity index (χ1v) is 10.9. The van der Waals surface area contributed by atoms with Gasteiger partial charge in [0.15, 0.2) is 0 Å². The Balaban J connectivity index is 2.40. The summed E-state index contributed by atoms with van der Waals surface area (Å²) in [4.78, 5) is 12.8. The van der Waals surface area contributed by atoms with Gasteiger partial charge in [-0.3, -0.25) is 9.10 Å². The molecule has 0 saturated heterocycles. The van der Waals surface area contributed by atoms with Gasteiger partial charge in [-0.05, 0) is 67.8 Å². The second-order valence-corrected chi connectivity index (χ2v) is 9.10. The minimum atomic E-state index is -3.64. The summed E-state index contributed by atoms with van der Waals surface area (Å²) < 4.78 is 27.1. The van der Waals surface area contributed by atoms with E-state index in [1.165, 1.54) is 4.31 Å². The zero-order chi connectivity index (χ0) is 19.5. The van der Waals surface area contributed by atoms with Crippen molar-refractivity contribution in [1.29, 1.82) is 0 Å². The van der Waals surface area contributed by atoms with E-state index in [1.54, 1.807) is 31.2 Å². The topological polar surface area (TPSA) is 66.5 Å². The number of benzene rings is 2. The van der Waals surface area contributed by atoms with Crippen molar-refractivity contribution in [3.05, 3.63) is 58.1 Å². The van der Waals surface area contributed by atoms with Crippen molar-refractivity contribution in [2.45, 2.75) is 33.2 Å². The van der Waals surface area contributed by atoms with Gasteiger partial charge in [0.25, 0.3) is 0 Å². The number of carbonyl (C=O) groups excluding carboxylic acids is 1. The van der Waals surface area contributed by atoms with Crippen LogP contribution in [0.4, 0.5) is 11.4 Å². The van der Waals surface area contributed by atoms with E-state index in [-0.39, 0.29) is 5.91 Å². The smallest absolute Gasteiger partial charge is 0.248 e. The lowest BCUT2D eigenvalue weighted by Gasteiger charge is -2.30. The van der Waals surface area contributed by atoms with Crippen LogP contribution < -0.4 is 9.62 Å². The van der Waals surface area contributed by atoms with Crippen molar-refractivity contribution in [1.82, 2.24) is 0 Å². The van der Waals surface area contributed by atoms with Crippen molar-refractivity contribution < 1.29 is 13.2 Å². The SMILES string of the molecule is CCC(C(=O)Nc1ccc(Br)cc1)N(c1cc(C)cc(C)c1)S(C)(=O)=O. The Kier molecular flexibility index (Phi) is 6.47. The molecule has 1 N–H and O–H groups in total. The maximum absolute atomic E-state index is 12.8. The third-order valence-electron chi connectivity index (χ3n) is 3.90. The van der Waals surface area contributed by atoms with Crippen molar-refractivity contribution >= 4 is 43.2 Å². The Morgan fingerprint density at radius 2 is 1.65 bits per heavy atom. The number of hydrogen-bond donors (Lipinski definition) is 1. The molecule has 7 heteroatoms. The first-order chi connectivity index (χ1) is 12.1. The molecule has 0 heterocycles. The Hall–Kier alpha value is -1.86. The summed E-state index contributed by atoms with van der Waals surface area (Å²) in [6, 6.07) is 11.8. The Morgan fingerprint density at radius 3 is 2.12 bits per heavy atom. The average molecular weight is 439 g/mol. The van der Waals surface area contributed by atoms with Crippen molar-refractivity contribution in [2.75, 3.05) is 15.9 Å². The van der Waals surface area contributed by atoms with Crippen LogP contribution in [0.2, 0.25) is 0 Å². The molecule has 0 bridgehead atoms. The van der Waals surface area contributed by atoms with Crippen LogP contribution >= 0.6 is 15.9 Å². The van der Waals surface area contributed by atoms with E-state index >= 15 is 0 Å². The summed E-state index contributed by atoms with van der Waals surface area (Å²) in [5.74, 6) is -0.362. The van der Waals surface area contributed by atoms with Crippen LogP contribution in [-0.2, 0) is 14.8 Å². The summed E-state index contributed by atoms with van der Waals surface area (Å²) in [7, 11) is -3.64. The monoisotopic (exact) mass is 438 g/mol. The van der Waals surface area contributed by atoms with Gasteiger partial charge in [0.1, 0.15) is 6.04 Å². The van der Waals surface area contributed by atoms with Gasteiger partial charge < -0.3 is 5.32 Å². The van der Waals surface area contributed by atoms with Gasteiger partial charge in [-0.15, -0.1) is 0 Å². The summed E-state index contributed by atoms with van der Waals surface area (Å²) in [6.45, 7) is 5.60. The molecule has 0 aliphatic carbocycles. The third kappa shape index (κ3) is 5.08. The summed E-state index contributed by atoms with van der Waals surface area (Å²) in [5, 5.41) is 2.81. The Labute approximate surface area is 163 Å². The van der Waals surface area contributed by atoms with Crippen molar-refractivity contribution in [2.24, 2.45) is 0 Å². The molecule has 0 fully saturated rings. The van der Waals surface area contributed by atoms with Gasteiger partial charge >= 0.3 is 0 Å². The predicted molar refractivity (Wildman–Crippen MR) is 110 cm³/mol. The molecule has 2 aromatic rings. The molecule has 1 unspecified atom stereocenters. The fourth-order valence-corrected chi connectivity index (χ4v) is 4.36. The molecular weight excluding hydrogens is 416 g/mol. The lowest BCUT2D eigenvalue weighted by molar-refractivity contribution is -0.117. The van der Waals surface area contributed by atoms with Gasteiger partial charge in [0, 0.05) is 10.2 Å². The number of amides is 1. The lowest BCUT2D eigenvalue weighted by Crippen LogP contribution is -2.47. The van der Waals surface area contributed by atoms with Gasteiger partial charge in [-0.25, -0.2) is 8.42 Å². The number of hydrogen-bond acceptors (Lipinski definition) is 3. The van der Waals surface area contributed by atoms with Crippen LogP contribution in [-0.4, -0.2) is 26.6 Å². The summed E-state index contributed by atoms with van der Waals surface area (Å²) in [5.41, 5.74) is 3.00. The maximum atomic E-state index is 12.8. The molecule has 0 aliphatic heterocycles. The Bertz CT molecular complexity index is 875. The lowest BCUT2D eigenvalue weighted by atomic mass is 10.1. The normalized spacial score (nSPS) is 12.5. The van der Waals surface area contributed by atoms with Crippen LogP contribution in [0, 0.1) is 13.8 Å². The van der Waals surface area contributed by atoms with Crippen LogP contribution in [0.5, 0.6) is 0 Å². The first kappa shape index (κ1) is 20.5. The number of sulfonamides is 1. The third-order valence-corrected chi connectivity index (χ3v) is 5.61. The molecular formula is C19H23BrN2O3S. The van der Waals surface area contributed by atoms with E-state index in [9.17, 15) is 13.2 Å². The van der Waals surface area contributed by atoms with Crippen molar-refractivity contribution in [3.8, 4) is 0 Å². The molecule has 0 aliphatic rings. The number of rotatable bonds is 6. The Morgan fingerprint density at radius 1 is 1.12 bits per heavy atom. The molecule has 0 radical (unpaired) electrons. The van der Waals surface area contributed by atoms with Gasteiger partial charge in [0.2, 0.25) is 15.9 Å². The largest absolute Gasteiger partial charge is 0.324 e. The highest BCUT2D eigenvalue weighted by atomic mass is 79.9. The molecule has 1 amide bonds. The molecule has 26 heavy (non-hydrogen) atoms. The van der Waals surface area contributed by atoms with Gasteiger partial charge in [-0.2, -0.15) is 0 Å². The van der Waals surface area contributed by atoms with E-state index in [0.717, 1.165) is 21.9 Å². The number of nitrogens with one attached hydrogen (secondary N) is 1. The van der Waals surface area contributed by atoms with E-state index in [4.69, 9.17) is 0 Å². The fraction of sp³-hybridized carbons (Fsp3) is 0.316.